The Morgan fingerprint density at radius 1 is 0.510 bits per heavy atom. The zero-order valence-electron chi connectivity index (χ0n) is 32.7. The van der Waals surface area contributed by atoms with Gasteiger partial charge in [0, 0.05) is 13.0 Å². The van der Waals surface area contributed by atoms with Crippen molar-refractivity contribution in [3.05, 3.63) is 48.6 Å². The van der Waals surface area contributed by atoms with Crippen molar-refractivity contribution in [1.82, 2.24) is 0 Å². The van der Waals surface area contributed by atoms with Crippen LogP contribution in [-0.2, 0) is 14.3 Å². The van der Waals surface area contributed by atoms with Crippen molar-refractivity contribution in [3.8, 4) is 0 Å². The van der Waals surface area contributed by atoms with Crippen molar-refractivity contribution in [1.29, 1.82) is 0 Å². The highest BCUT2D eigenvalue weighted by Gasteiger charge is 2.13. The monoisotopic (exact) mass is 687 g/mol. The van der Waals surface area contributed by atoms with E-state index in [0.717, 1.165) is 64.2 Å². The van der Waals surface area contributed by atoms with Crippen molar-refractivity contribution < 1.29 is 19.4 Å². The summed E-state index contributed by atoms with van der Waals surface area (Å²) in [5.74, 6) is -0.222. The van der Waals surface area contributed by atoms with E-state index in [4.69, 9.17) is 9.47 Å². The summed E-state index contributed by atoms with van der Waals surface area (Å²) in [5, 5.41) is 9.59. The highest BCUT2D eigenvalue weighted by molar-refractivity contribution is 5.69. The molecule has 0 amide bonds. The molecule has 1 N–H and O–H groups in total. The van der Waals surface area contributed by atoms with Crippen molar-refractivity contribution in [2.45, 2.75) is 213 Å². The van der Waals surface area contributed by atoms with Gasteiger partial charge in [-0.15, -0.1) is 0 Å². The lowest BCUT2D eigenvalue weighted by molar-refractivity contribution is -0.154. The van der Waals surface area contributed by atoms with Crippen LogP contribution in [0.1, 0.15) is 206 Å². The number of rotatable bonds is 39. The third-order valence-corrected chi connectivity index (χ3v) is 9.17. The molecule has 0 spiro atoms. The lowest BCUT2D eigenvalue weighted by atomic mass is 10.0. The summed E-state index contributed by atoms with van der Waals surface area (Å²) in [5.41, 5.74) is 0. The molecule has 286 valence electrons. The molecule has 1 unspecified atom stereocenters. The number of unbranched alkanes of at least 4 members (excludes halogenated alkanes) is 23. The molecule has 0 aliphatic rings. The van der Waals surface area contributed by atoms with E-state index in [-0.39, 0.29) is 19.2 Å². The van der Waals surface area contributed by atoms with E-state index in [1.807, 2.05) is 0 Å². The molecule has 4 heteroatoms. The van der Waals surface area contributed by atoms with Gasteiger partial charge in [-0.3, -0.25) is 4.79 Å². The Labute approximate surface area is 305 Å². The number of allylic oxidation sites excluding steroid dienone is 8. The zero-order chi connectivity index (χ0) is 35.6. The van der Waals surface area contributed by atoms with Gasteiger partial charge in [0.1, 0.15) is 6.10 Å². The van der Waals surface area contributed by atoms with E-state index in [9.17, 15) is 9.90 Å². The van der Waals surface area contributed by atoms with Crippen LogP contribution in [-0.4, -0.2) is 37.0 Å². The van der Waals surface area contributed by atoms with Crippen molar-refractivity contribution in [2.24, 2.45) is 0 Å². The predicted molar refractivity (Wildman–Crippen MR) is 214 cm³/mol. The molecule has 0 saturated heterocycles. The van der Waals surface area contributed by atoms with Crippen LogP contribution < -0.4 is 0 Å². The summed E-state index contributed by atoms with van der Waals surface area (Å²) in [6.45, 7) is 5.23. The van der Waals surface area contributed by atoms with Gasteiger partial charge in [-0.05, 0) is 51.4 Å². The van der Waals surface area contributed by atoms with Crippen LogP contribution >= 0.6 is 0 Å². The first-order valence-corrected chi connectivity index (χ1v) is 21.2. The van der Waals surface area contributed by atoms with Crippen LogP contribution in [0.4, 0.5) is 0 Å². The molecule has 49 heavy (non-hydrogen) atoms. The number of carbonyl (C=O) groups excluding carboxylic acids is 1. The average Bonchev–Trinajstić information content (AvgIpc) is 3.11. The lowest BCUT2D eigenvalue weighted by Crippen LogP contribution is -2.27. The van der Waals surface area contributed by atoms with Crippen molar-refractivity contribution in [3.63, 3.8) is 0 Å². The number of ether oxygens (including phenoxy) is 2. The molecule has 1 atom stereocenters. The Morgan fingerprint density at radius 2 is 0.918 bits per heavy atom. The first kappa shape index (κ1) is 47.4. The molecule has 4 nitrogen and oxygen atoms in total. The number of carbonyl (C=O) groups is 1. The quantitative estimate of drug-likeness (QED) is 0.0397. The molecule has 0 aromatic carbocycles. The lowest BCUT2D eigenvalue weighted by Gasteiger charge is -2.15. The van der Waals surface area contributed by atoms with E-state index in [1.165, 1.54) is 122 Å². The second kappa shape index (κ2) is 42.5. The number of aliphatic hydroxyl groups is 1. The molecule has 0 aliphatic heterocycles. The van der Waals surface area contributed by atoms with Gasteiger partial charge in [-0.25, -0.2) is 0 Å². The number of hydrogen-bond acceptors (Lipinski definition) is 4. The first-order chi connectivity index (χ1) is 24.2. The summed E-state index contributed by atoms with van der Waals surface area (Å²) in [4.78, 5) is 12.2. The first-order valence-electron chi connectivity index (χ1n) is 21.2. The minimum atomic E-state index is -0.546. The molecule has 0 bridgehead atoms. The van der Waals surface area contributed by atoms with Crippen molar-refractivity contribution >= 4 is 5.97 Å². The molecule has 0 heterocycles. The predicted octanol–water partition coefficient (Wildman–Crippen LogP) is 13.9. The molecule has 0 fully saturated rings. The zero-order valence-corrected chi connectivity index (χ0v) is 32.7. The largest absolute Gasteiger partial charge is 0.457 e. The Hall–Kier alpha value is -1.65. The van der Waals surface area contributed by atoms with Gasteiger partial charge in [-0.2, -0.15) is 0 Å². The Bertz CT molecular complexity index is 768. The van der Waals surface area contributed by atoms with E-state index in [2.05, 4.69) is 62.5 Å². The molecule has 0 aromatic rings. The highest BCUT2D eigenvalue weighted by Crippen LogP contribution is 2.15. The van der Waals surface area contributed by atoms with Crippen LogP contribution in [0.5, 0.6) is 0 Å². The van der Waals surface area contributed by atoms with Crippen LogP contribution in [0.3, 0.4) is 0 Å². The third kappa shape index (κ3) is 40.7. The summed E-state index contributed by atoms with van der Waals surface area (Å²) in [6.07, 6.45) is 54.6. The highest BCUT2D eigenvalue weighted by atomic mass is 16.6. The fraction of sp³-hybridized carbons (Fsp3) is 0.800. The molecule has 0 rings (SSSR count). The second-order valence-corrected chi connectivity index (χ2v) is 14.0. The topological polar surface area (TPSA) is 55.8 Å². The smallest absolute Gasteiger partial charge is 0.306 e. The van der Waals surface area contributed by atoms with E-state index >= 15 is 0 Å². The molecule has 0 aliphatic carbocycles. The molecular formula is C45H82O4. The maximum atomic E-state index is 12.2. The normalized spacial score (nSPS) is 12.8. The van der Waals surface area contributed by atoms with Crippen LogP contribution in [0.25, 0.3) is 0 Å². The van der Waals surface area contributed by atoms with Gasteiger partial charge >= 0.3 is 5.97 Å². The molecule has 0 saturated carbocycles. The third-order valence-electron chi connectivity index (χ3n) is 9.17. The minimum Gasteiger partial charge on any atom is -0.457 e. The van der Waals surface area contributed by atoms with Gasteiger partial charge in [0.25, 0.3) is 0 Å². The van der Waals surface area contributed by atoms with Gasteiger partial charge in [-0.1, -0.05) is 197 Å². The molecule has 0 radical (unpaired) electrons. The standard InChI is InChI=1S/C45H82O4/c1-3-5-7-9-11-13-15-17-19-21-22-23-25-27-29-31-33-35-37-39-41-48-43-44(42-46)49-45(47)40-38-36-34-32-30-28-26-24-20-18-16-14-12-10-8-6-4-2/h6,8,12,14,18,20,26,28,44,46H,3-5,7,9-11,13,15-17,19,21-25,27,29-43H2,1-2H3/b8-6-,14-12-,20-18-,28-26-. The van der Waals surface area contributed by atoms with Gasteiger partial charge < -0.3 is 14.6 Å². The van der Waals surface area contributed by atoms with Crippen molar-refractivity contribution in [2.75, 3.05) is 19.8 Å². The number of hydrogen-bond donors (Lipinski definition) is 1. The maximum Gasteiger partial charge on any atom is 0.306 e. The average molecular weight is 687 g/mol. The number of esters is 1. The number of aliphatic hydroxyl groups excluding tert-OH is 1. The van der Waals surface area contributed by atoms with Gasteiger partial charge in [0.2, 0.25) is 0 Å². The van der Waals surface area contributed by atoms with Crippen LogP contribution in [0.2, 0.25) is 0 Å². The minimum absolute atomic E-state index is 0.181. The SMILES string of the molecule is CC/C=C\C/C=C\C/C=C\C/C=C\CCCCCCC(=O)OC(CO)COCCCCCCCCCCCCCCCCCCCCCC. The van der Waals surface area contributed by atoms with E-state index in [1.54, 1.807) is 0 Å². The Morgan fingerprint density at radius 3 is 1.39 bits per heavy atom. The van der Waals surface area contributed by atoms with Crippen LogP contribution in [0.15, 0.2) is 48.6 Å². The molecule has 0 aromatic heterocycles. The fourth-order valence-electron chi connectivity index (χ4n) is 6.03. The summed E-state index contributed by atoms with van der Waals surface area (Å²) in [6, 6.07) is 0. The maximum absolute atomic E-state index is 12.2. The summed E-state index contributed by atoms with van der Waals surface area (Å²) >= 11 is 0. The van der Waals surface area contributed by atoms with E-state index in [0.29, 0.717) is 13.0 Å². The summed E-state index contributed by atoms with van der Waals surface area (Å²) < 4.78 is 11.1. The Balaban J connectivity index is 3.44. The van der Waals surface area contributed by atoms with Gasteiger partial charge in [0.15, 0.2) is 0 Å². The second-order valence-electron chi connectivity index (χ2n) is 14.0. The van der Waals surface area contributed by atoms with Crippen LogP contribution in [0, 0.1) is 0 Å². The summed E-state index contributed by atoms with van der Waals surface area (Å²) in [7, 11) is 0. The Kier molecular flexibility index (Phi) is 41.1. The fourth-order valence-corrected chi connectivity index (χ4v) is 6.03. The van der Waals surface area contributed by atoms with E-state index < -0.39 is 6.10 Å². The van der Waals surface area contributed by atoms with Gasteiger partial charge in [0.05, 0.1) is 13.2 Å². The molecular weight excluding hydrogens is 604 g/mol.